The van der Waals surface area contributed by atoms with Crippen molar-refractivity contribution in [3.8, 4) is 0 Å². The highest BCUT2D eigenvalue weighted by molar-refractivity contribution is 5.94. The van der Waals surface area contributed by atoms with E-state index in [-0.39, 0.29) is 31.2 Å². The van der Waals surface area contributed by atoms with Crippen LogP contribution in [0.1, 0.15) is 39.5 Å². The minimum Gasteiger partial charge on any atom is -0.480 e. The largest absolute Gasteiger partial charge is 0.480 e. The van der Waals surface area contributed by atoms with E-state index < -0.39 is 41.8 Å². The number of hydrogen-bond donors (Lipinski definition) is 5. The molecule has 7 N–H and O–H groups in total. The maximum atomic E-state index is 12.6. The Morgan fingerprint density at radius 2 is 1.82 bits per heavy atom. The standard InChI is InChI=1S/C17H29N5O6/c1-9(2)14(16(26)20-10(17(27)28)5-6-12(19)23)21-15(25)11-4-3-7-22(11)13(24)8-18/h9-11,14H,3-8,18H2,1-2H3,(H2,19,23)(H,20,26)(H,21,25)(H,27,28). The highest BCUT2D eigenvalue weighted by Crippen LogP contribution is 2.18. The van der Waals surface area contributed by atoms with Crippen LogP contribution >= 0.6 is 0 Å². The van der Waals surface area contributed by atoms with Crippen LogP contribution in [-0.4, -0.2) is 70.8 Å². The normalized spacial score (nSPS) is 18.4. The molecule has 0 saturated carbocycles. The molecule has 11 heteroatoms. The molecule has 1 rings (SSSR count). The number of nitrogens with one attached hydrogen (secondary N) is 2. The number of primary amides is 1. The van der Waals surface area contributed by atoms with Crippen molar-refractivity contribution >= 4 is 29.6 Å². The second-order valence-electron chi connectivity index (χ2n) is 7.08. The zero-order chi connectivity index (χ0) is 21.4. The minimum atomic E-state index is -1.31. The minimum absolute atomic E-state index is 0.156. The van der Waals surface area contributed by atoms with E-state index in [4.69, 9.17) is 11.5 Å². The molecule has 1 fully saturated rings. The van der Waals surface area contributed by atoms with Gasteiger partial charge in [0, 0.05) is 13.0 Å². The molecule has 28 heavy (non-hydrogen) atoms. The number of carbonyl (C=O) groups is 5. The van der Waals surface area contributed by atoms with Crippen LogP contribution in [0, 0.1) is 5.92 Å². The summed E-state index contributed by atoms with van der Waals surface area (Å²) in [5.74, 6) is -3.85. The molecule has 0 bridgehead atoms. The number of amides is 4. The lowest BCUT2D eigenvalue weighted by molar-refractivity contribution is -0.143. The first kappa shape index (κ1) is 23.3. The number of rotatable bonds is 10. The number of nitrogens with zero attached hydrogens (tertiary/aromatic N) is 1. The number of aliphatic carboxylic acids is 1. The summed E-state index contributed by atoms with van der Waals surface area (Å²) in [6.07, 6.45) is 0.752. The summed E-state index contributed by atoms with van der Waals surface area (Å²) in [6.45, 7) is 3.60. The van der Waals surface area contributed by atoms with E-state index >= 15 is 0 Å². The molecule has 3 atom stereocenters. The number of nitrogens with two attached hydrogens (primary N) is 2. The summed E-state index contributed by atoms with van der Waals surface area (Å²) in [7, 11) is 0. The SMILES string of the molecule is CC(C)C(NC(=O)C1CCCN1C(=O)CN)C(=O)NC(CCC(N)=O)C(=O)O. The first-order valence-corrected chi connectivity index (χ1v) is 9.19. The summed E-state index contributed by atoms with van der Waals surface area (Å²) in [5, 5.41) is 14.2. The Morgan fingerprint density at radius 1 is 1.18 bits per heavy atom. The fourth-order valence-corrected chi connectivity index (χ4v) is 3.04. The Hall–Kier alpha value is -2.69. The van der Waals surface area contributed by atoms with Gasteiger partial charge in [0.2, 0.25) is 23.6 Å². The topological polar surface area (TPSA) is 185 Å². The average Bonchev–Trinajstić information content (AvgIpc) is 3.11. The first-order chi connectivity index (χ1) is 13.1. The van der Waals surface area contributed by atoms with Crippen molar-refractivity contribution in [3.05, 3.63) is 0 Å². The first-order valence-electron chi connectivity index (χ1n) is 9.19. The van der Waals surface area contributed by atoms with Gasteiger partial charge < -0.3 is 32.1 Å². The molecule has 11 nitrogen and oxygen atoms in total. The van der Waals surface area contributed by atoms with Gasteiger partial charge in [-0.25, -0.2) is 4.79 Å². The number of carbonyl (C=O) groups excluding carboxylic acids is 4. The molecule has 0 aromatic heterocycles. The van der Waals surface area contributed by atoms with Crippen LogP contribution in [0.3, 0.4) is 0 Å². The fraction of sp³-hybridized carbons (Fsp3) is 0.706. The monoisotopic (exact) mass is 399 g/mol. The molecule has 3 unspecified atom stereocenters. The molecular weight excluding hydrogens is 370 g/mol. The lowest BCUT2D eigenvalue weighted by atomic mass is 10.0. The average molecular weight is 399 g/mol. The summed E-state index contributed by atoms with van der Waals surface area (Å²) in [5.41, 5.74) is 10.4. The van der Waals surface area contributed by atoms with Gasteiger partial charge in [-0.15, -0.1) is 0 Å². The van der Waals surface area contributed by atoms with Crippen molar-refractivity contribution < 1.29 is 29.1 Å². The second-order valence-corrected chi connectivity index (χ2v) is 7.08. The molecule has 1 aliphatic rings. The molecule has 0 spiro atoms. The third kappa shape index (κ3) is 6.48. The van der Waals surface area contributed by atoms with Crippen LogP contribution in [0.25, 0.3) is 0 Å². The van der Waals surface area contributed by atoms with Crippen molar-refractivity contribution in [3.63, 3.8) is 0 Å². The Morgan fingerprint density at radius 3 is 2.32 bits per heavy atom. The predicted molar refractivity (Wildman–Crippen MR) is 98.6 cm³/mol. The molecule has 0 aromatic carbocycles. The fourth-order valence-electron chi connectivity index (χ4n) is 3.04. The quantitative estimate of drug-likeness (QED) is 0.279. The van der Waals surface area contributed by atoms with Crippen molar-refractivity contribution in [1.82, 2.24) is 15.5 Å². The maximum Gasteiger partial charge on any atom is 0.326 e. The van der Waals surface area contributed by atoms with E-state index in [0.29, 0.717) is 19.4 Å². The molecule has 0 radical (unpaired) electrons. The van der Waals surface area contributed by atoms with Gasteiger partial charge in [-0.3, -0.25) is 19.2 Å². The van der Waals surface area contributed by atoms with E-state index in [0.717, 1.165) is 0 Å². The van der Waals surface area contributed by atoms with Crippen molar-refractivity contribution in [2.24, 2.45) is 17.4 Å². The summed E-state index contributed by atoms with van der Waals surface area (Å²) >= 11 is 0. The lowest BCUT2D eigenvalue weighted by Crippen LogP contribution is -2.57. The predicted octanol–water partition coefficient (Wildman–Crippen LogP) is -2.09. The van der Waals surface area contributed by atoms with Crippen LogP contribution < -0.4 is 22.1 Å². The summed E-state index contributed by atoms with van der Waals surface area (Å²) < 4.78 is 0. The number of carboxylic acid groups (broad SMARTS) is 1. The van der Waals surface area contributed by atoms with Crippen LogP contribution in [0.2, 0.25) is 0 Å². The molecule has 0 aromatic rings. The van der Waals surface area contributed by atoms with Crippen molar-refractivity contribution in [2.75, 3.05) is 13.1 Å². The lowest BCUT2D eigenvalue weighted by Gasteiger charge is -2.28. The maximum absolute atomic E-state index is 12.6. The zero-order valence-electron chi connectivity index (χ0n) is 16.1. The second kappa shape index (κ2) is 10.6. The Labute approximate surface area is 163 Å². The third-order valence-corrected chi connectivity index (χ3v) is 4.59. The van der Waals surface area contributed by atoms with Gasteiger partial charge in [-0.1, -0.05) is 13.8 Å². The van der Waals surface area contributed by atoms with E-state index in [1.165, 1.54) is 4.90 Å². The van der Waals surface area contributed by atoms with Gasteiger partial charge in [-0.2, -0.15) is 0 Å². The van der Waals surface area contributed by atoms with Gasteiger partial charge in [-0.05, 0) is 25.2 Å². The van der Waals surface area contributed by atoms with Gasteiger partial charge in [0.1, 0.15) is 18.1 Å². The van der Waals surface area contributed by atoms with Crippen molar-refractivity contribution in [1.29, 1.82) is 0 Å². The smallest absolute Gasteiger partial charge is 0.326 e. The molecule has 1 saturated heterocycles. The van der Waals surface area contributed by atoms with Crippen molar-refractivity contribution in [2.45, 2.75) is 57.7 Å². The van der Waals surface area contributed by atoms with E-state index in [1.807, 2.05) is 0 Å². The molecule has 1 heterocycles. The Kier molecular flexibility index (Phi) is 8.83. The zero-order valence-corrected chi connectivity index (χ0v) is 16.1. The highest BCUT2D eigenvalue weighted by Gasteiger charge is 2.36. The highest BCUT2D eigenvalue weighted by atomic mass is 16.4. The molecular formula is C17H29N5O6. The van der Waals surface area contributed by atoms with E-state index in [9.17, 15) is 29.1 Å². The Bertz CT molecular complexity index is 623. The number of likely N-dealkylation sites (tertiary alicyclic amines) is 1. The molecule has 4 amide bonds. The Balaban J connectivity index is 2.81. The van der Waals surface area contributed by atoms with E-state index in [2.05, 4.69) is 10.6 Å². The molecule has 0 aliphatic carbocycles. The van der Waals surface area contributed by atoms with Gasteiger partial charge in [0.05, 0.1) is 6.54 Å². The van der Waals surface area contributed by atoms with Crippen LogP contribution in [-0.2, 0) is 24.0 Å². The summed E-state index contributed by atoms with van der Waals surface area (Å²) in [4.78, 5) is 60.6. The summed E-state index contributed by atoms with van der Waals surface area (Å²) in [6, 6.07) is -3.02. The van der Waals surface area contributed by atoms with Gasteiger partial charge in [0.15, 0.2) is 0 Å². The molecule has 158 valence electrons. The van der Waals surface area contributed by atoms with Crippen LogP contribution in [0.5, 0.6) is 0 Å². The van der Waals surface area contributed by atoms with Gasteiger partial charge in [0.25, 0.3) is 0 Å². The number of carboxylic acids is 1. The van der Waals surface area contributed by atoms with Gasteiger partial charge >= 0.3 is 5.97 Å². The third-order valence-electron chi connectivity index (χ3n) is 4.59. The number of hydrogen-bond acceptors (Lipinski definition) is 6. The van der Waals surface area contributed by atoms with Crippen LogP contribution in [0.15, 0.2) is 0 Å². The van der Waals surface area contributed by atoms with E-state index in [1.54, 1.807) is 13.8 Å². The molecule has 1 aliphatic heterocycles. The van der Waals surface area contributed by atoms with Crippen LogP contribution in [0.4, 0.5) is 0 Å².